The number of rotatable bonds is 9. The second-order valence-corrected chi connectivity index (χ2v) is 7.47. The molecule has 0 radical (unpaired) electrons. The summed E-state index contributed by atoms with van der Waals surface area (Å²) in [4.78, 5) is 2.10. The van der Waals surface area contributed by atoms with Crippen LogP contribution in [-0.2, 0) is 0 Å². The number of likely N-dealkylation sites (N-methyl/N-ethyl adjacent to an activating group) is 1. The third-order valence-electron chi connectivity index (χ3n) is 5.07. The highest BCUT2D eigenvalue weighted by Gasteiger charge is 2.24. The molecular formula is C26H29NO2. The average Bonchev–Trinajstić information content (AvgIpc) is 2.73. The zero-order valence-electron chi connectivity index (χ0n) is 17.2. The van der Waals surface area contributed by atoms with Gasteiger partial charge in [-0.15, -0.1) is 6.58 Å². The van der Waals surface area contributed by atoms with Gasteiger partial charge in [-0.1, -0.05) is 60.7 Å². The molecule has 0 saturated heterocycles. The minimum atomic E-state index is 0.0397. The number of phenols is 1. The Morgan fingerprint density at radius 1 is 0.897 bits per heavy atom. The fourth-order valence-corrected chi connectivity index (χ4v) is 3.58. The lowest BCUT2D eigenvalue weighted by Crippen LogP contribution is -2.19. The number of hydrogen-bond donors (Lipinski definition) is 1. The van der Waals surface area contributed by atoms with E-state index in [1.54, 1.807) is 6.07 Å². The third-order valence-corrected chi connectivity index (χ3v) is 5.07. The lowest BCUT2D eigenvalue weighted by Gasteiger charge is -2.26. The Hall–Kier alpha value is -3.04. The van der Waals surface area contributed by atoms with Gasteiger partial charge in [0, 0.05) is 18.4 Å². The molecular weight excluding hydrogens is 358 g/mol. The minimum Gasteiger partial charge on any atom is -0.508 e. The molecule has 0 bridgehead atoms. The van der Waals surface area contributed by atoms with E-state index in [9.17, 15) is 5.11 Å². The van der Waals surface area contributed by atoms with Crippen LogP contribution in [0.2, 0.25) is 0 Å². The van der Waals surface area contributed by atoms with E-state index in [1.807, 2.05) is 62.6 Å². The van der Waals surface area contributed by atoms with E-state index in [0.717, 1.165) is 23.4 Å². The first kappa shape index (κ1) is 20.7. The molecule has 3 heteroatoms. The average molecular weight is 388 g/mol. The van der Waals surface area contributed by atoms with Crippen molar-refractivity contribution >= 4 is 0 Å². The van der Waals surface area contributed by atoms with Crippen molar-refractivity contribution in [2.24, 2.45) is 0 Å². The van der Waals surface area contributed by atoms with Gasteiger partial charge in [-0.3, -0.25) is 0 Å². The first-order valence-electron chi connectivity index (χ1n) is 9.92. The molecule has 2 atom stereocenters. The molecule has 0 fully saturated rings. The van der Waals surface area contributed by atoms with Crippen LogP contribution in [0.5, 0.6) is 11.5 Å². The number of allylic oxidation sites excluding steroid dienone is 1. The Kier molecular flexibility index (Phi) is 7.09. The highest BCUT2D eigenvalue weighted by Crippen LogP contribution is 2.40. The molecule has 150 valence electrons. The first-order valence-corrected chi connectivity index (χ1v) is 9.92. The summed E-state index contributed by atoms with van der Waals surface area (Å²) in [6, 6.07) is 26.1. The van der Waals surface area contributed by atoms with Gasteiger partial charge in [-0.05, 0) is 55.1 Å². The van der Waals surface area contributed by atoms with Crippen LogP contribution in [0.1, 0.15) is 28.5 Å². The lowest BCUT2D eigenvalue weighted by molar-refractivity contribution is 0.261. The topological polar surface area (TPSA) is 32.7 Å². The Morgan fingerprint density at radius 3 is 2.21 bits per heavy atom. The second kappa shape index (κ2) is 9.94. The van der Waals surface area contributed by atoms with E-state index in [4.69, 9.17) is 4.74 Å². The van der Waals surface area contributed by atoms with Crippen molar-refractivity contribution in [2.75, 3.05) is 27.2 Å². The van der Waals surface area contributed by atoms with E-state index in [-0.39, 0.29) is 17.6 Å². The van der Waals surface area contributed by atoms with Gasteiger partial charge in [-0.2, -0.15) is 0 Å². The lowest BCUT2D eigenvalue weighted by atomic mass is 9.77. The van der Waals surface area contributed by atoms with Crippen LogP contribution < -0.4 is 4.74 Å². The van der Waals surface area contributed by atoms with Crippen LogP contribution >= 0.6 is 0 Å². The molecule has 0 spiro atoms. The number of aromatic hydroxyl groups is 1. The minimum absolute atomic E-state index is 0.0397. The molecule has 0 amide bonds. The van der Waals surface area contributed by atoms with Gasteiger partial charge in [0.2, 0.25) is 0 Å². The summed E-state index contributed by atoms with van der Waals surface area (Å²) in [7, 11) is 4.07. The smallest absolute Gasteiger partial charge is 0.119 e. The van der Waals surface area contributed by atoms with E-state index in [2.05, 4.69) is 41.8 Å². The predicted octanol–water partition coefficient (Wildman–Crippen LogP) is 5.43. The van der Waals surface area contributed by atoms with Crippen LogP contribution in [-0.4, -0.2) is 37.3 Å². The second-order valence-electron chi connectivity index (χ2n) is 7.47. The number of nitrogens with zero attached hydrogens (tertiary/aromatic N) is 1. The van der Waals surface area contributed by atoms with Gasteiger partial charge in [0.05, 0.1) is 0 Å². The summed E-state index contributed by atoms with van der Waals surface area (Å²) in [6.45, 7) is 5.64. The monoisotopic (exact) mass is 387 g/mol. The summed E-state index contributed by atoms with van der Waals surface area (Å²) in [5.41, 5.74) is 3.41. The van der Waals surface area contributed by atoms with Crippen molar-refractivity contribution in [2.45, 2.75) is 11.8 Å². The van der Waals surface area contributed by atoms with Gasteiger partial charge in [0.15, 0.2) is 0 Å². The Labute approximate surface area is 173 Å². The van der Waals surface area contributed by atoms with Crippen LogP contribution in [0, 0.1) is 0 Å². The zero-order valence-corrected chi connectivity index (χ0v) is 17.2. The van der Waals surface area contributed by atoms with Gasteiger partial charge < -0.3 is 14.7 Å². The number of hydrogen-bond acceptors (Lipinski definition) is 3. The van der Waals surface area contributed by atoms with Gasteiger partial charge in [0.25, 0.3) is 0 Å². The van der Waals surface area contributed by atoms with Gasteiger partial charge in [-0.25, -0.2) is 0 Å². The van der Waals surface area contributed by atoms with Crippen molar-refractivity contribution < 1.29 is 9.84 Å². The molecule has 3 rings (SSSR count). The zero-order chi connectivity index (χ0) is 20.6. The van der Waals surface area contributed by atoms with Crippen molar-refractivity contribution in [3.63, 3.8) is 0 Å². The summed E-state index contributed by atoms with van der Waals surface area (Å²) < 4.78 is 5.85. The van der Waals surface area contributed by atoms with Crippen molar-refractivity contribution in [3.05, 3.63) is 108 Å². The quantitative estimate of drug-likeness (QED) is 0.497. The molecule has 0 heterocycles. The fourth-order valence-electron chi connectivity index (χ4n) is 3.58. The van der Waals surface area contributed by atoms with Gasteiger partial charge >= 0.3 is 0 Å². The van der Waals surface area contributed by atoms with E-state index in [0.29, 0.717) is 6.61 Å². The van der Waals surface area contributed by atoms with Crippen LogP contribution in [0.15, 0.2) is 91.5 Å². The summed E-state index contributed by atoms with van der Waals surface area (Å²) in [5.74, 6) is 1.25. The maximum absolute atomic E-state index is 10.1. The van der Waals surface area contributed by atoms with Crippen LogP contribution in [0.3, 0.4) is 0 Å². The standard InChI is InChI=1S/C26H29NO2/c1-4-25(20-9-6-5-7-10-20)26(22-11-8-12-23(28)19-22)21-13-15-24(16-14-21)29-18-17-27(2)3/h4-16,19,25-26,28H,1,17-18H2,2-3H3/t25-,26-/m0/s1. The van der Waals surface area contributed by atoms with E-state index in [1.165, 1.54) is 5.56 Å². The molecule has 0 aliphatic rings. The number of benzene rings is 3. The first-order chi connectivity index (χ1) is 14.1. The maximum atomic E-state index is 10.1. The van der Waals surface area contributed by atoms with E-state index < -0.39 is 0 Å². The fraction of sp³-hybridized carbons (Fsp3) is 0.231. The molecule has 3 aromatic rings. The SMILES string of the molecule is C=C[C@@H](c1ccccc1)[C@@H](c1ccc(OCCN(C)C)cc1)c1cccc(O)c1. The Balaban J connectivity index is 1.94. The maximum Gasteiger partial charge on any atom is 0.119 e. The highest BCUT2D eigenvalue weighted by molar-refractivity contribution is 5.44. The Morgan fingerprint density at radius 2 is 1.59 bits per heavy atom. The summed E-state index contributed by atoms with van der Waals surface area (Å²) >= 11 is 0. The molecule has 3 nitrogen and oxygen atoms in total. The van der Waals surface area contributed by atoms with E-state index >= 15 is 0 Å². The molecule has 29 heavy (non-hydrogen) atoms. The predicted molar refractivity (Wildman–Crippen MR) is 120 cm³/mol. The molecule has 3 aromatic carbocycles. The number of ether oxygens (including phenoxy) is 1. The number of phenolic OH excluding ortho intramolecular Hbond substituents is 1. The summed E-state index contributed by atoms with van der Waals surface area (Å²) in [6.07, 6.45) is 1.99. The van der Waals surface area contributed by atoms with Crippen LogP contribution in [0.25, 0.3) is 0 Å². The molecule has 0 aromatic heterocycles. The molecule has 1 N–H and O–H groups in total. The van der Waals surface area contributed by atoms with Crippen molar-refractivity contribution in [3.8, 4) is 11.5 Å². The summed E-state index contributed by atoms with van der Waals surface area (Å²) in [5, 5.41) is 10.1. The molecule has 0 saturated carbocycles. The molecule has 0 aliphatic carbocycles. The Bertz CT molecular complexity index is 904. The van der Waals surface area contributed by atoms with Crippen LogP contribution in [0.4, 0.5) is 0 Å². The molecule has 0 unspecified atom stereocenters. The van der Waals surface area contributed by atoms with Crippen molar-refractivity contribution in [1.82, 2.24) is 4.90 Å². The van der Waals surface area contributed by atoms with Gasteiger partial charge in [0.1, 0.15) is 18.1 Å². The van der Waals surface area contributed by atoms with Crippen molar-refractivity contribution in [1.29, 1.82) is 0 Å². The third kappa shape index (κ3) is 5.49. The molecule has 0 aliphatic heterocycles. The highest BCUT2D eigenvalue weighted by atomic mass is 16.5. The normalized spacial score (nSPS) is 13.1. The largest absolute Gasteiger partial charge is 0.508 e.